The first-order valence-electron chi connectivity index (χ1n) is 23.4. The van der Waals surface area contributed by atoms with Crippen molar-refractivity contribution in [3.63, 3.8) is 0 Å². The van der Waals surface area contributed by atoms with Crippen molar-refractivity contribution < 1.29 is 24.5 Å². The maximum Gasteiger partial charge on any atom is 0.306 e. The summed E-state index contributed by atoms with van der Waals surface area (Å²) in [6, 6.07) is -0.702. The lowest BCUT2D eigenvalue weighted by Crippen LogP contribution is -2.46. The minimum Gasteiger partial charge on any atom is -0.462 e. The highest BCUT2D eigenvalue weighted by Crippen LogP contribution is 2.17. The number of allylic oxidation sites excluding steroid dienone is 8. The molecule has 0 bridgehead atoms. The fraction of sp³-hybridized carbons (Fsp3) is 0.796. The van der Waals surface area contributed by atoms with Gasteiger partial charge in [-0.2, -0.15) is 0 Å². The van der Waals surface area contributed by atoms with Crippen LogP contribution in [-0.4, -0.2) is 46.9 Å². The van der Waals surface area contributed by atoms with E-state index in [4.69, 9.17) is 4.74 Å². The fourth-order valence-corrected chi connectivity index (χ4v) is 6.91. The zero-order valence-electron chi connectivity index (χ0n) is 36.3. The molecule has 0 rings (SSSR count). The monoisotopic (exact) mass is 772 g/mol. The molecule has 0 saturated carbocycles. The first-order valence-corrected chi connectivity index (χ1v) is 23.4. The molecular weight excluding hydrogens is 683 g/mol. The van der Waals surface area contributed by atoms with Gasteiger partial charge in [0, 0.05) is 6.42 Å². The molecule has 3 N–H and O–H groups in total. The number of hydrogen-bond donors (Lipinski definition) is 3. The summed E-state index contributed by atoms with van der Waals surface area (Å²) < 4.78 is 5.88. The van der Waals surface area contributed by atoms with Gasteiger partial charge in [0.15, 0.2) is 0 Å². The number of carbonyl (C=O) groups is 2. The van der Waals surface area contributed by atoms with Gasteiger partial charge >= 0.3 is 5.97 Å². The van der Waals surface area contributed by atoms with Gasteiger partial charge < -0.3 is 20.3 Å². The summed E-state index contributed by atoms with van der Waals surface area (Å²) in [5.41, 5.74) is 0. The fourth-order valence-electron chi connectivity index (χ4n) is 6.91. The molecule has 0 aliphatic carbocycles. The van der Waals surface area contributed by atoms with Crippen molar-refractivity contribution in [3.8, 4) is 0 Å². The molecule has 6 nitrogen and oxygen atoms in total. The summed E-state index contributed by atoms with van der Waals surface area (Å²) in [6.07, 6.45) is 50.3. The third-order valence-electron chi connectivity index (χ3n) is 10.5. The molecule has 0 aliphatic heterocycles. The Morgan fingerprint density at radius 1 is 0.527 bits per heavy atom. The van der Waals surface area contributed by atoms with E-state index in [9.17, 15) is 19.8 Å². The summed E-state index contributed by atoms with van der Waals surface area (Å²) in [4.78, 5) is 25.9. The van der Waals surface area contributed by atoms with Crippen molar-refractivity contribution in [1.29, 1.82) is 0 Å². The van der Waals surface area contributed by atoms with E-state index in [1.54, 1.807) is 0 Å². The number of unbranched alkanes of at least 4 members (excludes halogenated alkanes) is 24. The summed E-state index contributed by atoms with van der Waals surface area (Å²) >= 11 is 0. The molecule has 3 atom stereocenters. The molecule has 0 aliphatic rings. The third-order valence-corrected chi connectivity index (χ3v) is 10.5. The van der Waals surface area contributed by atoms with Crippen molar-refractivity contribution in [1.82, 2.24) is 5.32 Å². The number of hydrogen-bond acceptors (Lipinski definition) is 5. The van der Waals surface area contributed by atoms with Crippen molar-refractivity contribution in [2.24, 2.45) is 0 Å². The molecule has 1 amide bonds. The number of amides is 1. The topological polar surface area (TPSA) is 95.9 Å². The molecule has 0 fully saturated rings. The van der Waals surface area contributed by atoms with E-state index in [1.165, 1.54) is 96.3 Å². The average molecular weight is 772 g/mol. The number of esters is 1. The van der Waals surface area contributed by atoms with Crippen LogP contribution < -0.4 is 5.32 Å². The Morgan fingerprint density at radius 3 is 1.44 bits per heavy atom. The minimum absolute atomic E-state index is 0.0683. The Hall–Kier alpha value is -2.18. The zero-order chi connectivity index (χ0) is 40.3. The second-order valence-electron chi connectivity index (χ2n) is 15.9. The van der Waals surface area contributed by atoms with Crippen LogP contribution in [0.2, 0.25) is 0 Å². The van der Waals surface area contributed by atoms with Crippen LogP contribution in [0.1, 0.15) is 226 Å². The van der Waals surface area contributed by atoms with E-state index in [0.717, 1.165) is 83.5 Å². The summed E-state index contributed by atoms with van der Waals surface area (Å²) in [6.45, 7) is 6.39. The second kappa shape index (κ2) is 43.0. The van der Waals surface area contributed by atoms with Crippen molar-refractivity contribution >= 4 is 11.9 Å². The molecule has 0 saturated heterocycles. The highest BCUT2D eigenvalue weighted by molar-refractivity contribution is 5.77. The molecule has 0 radical (unpaired) electrons. The van der Waals surface area contributed by atoms with Crippen LogP contribution in [0.4, 0.5) is 0 Å². The SMILES string of the molecule is CCCCC/C=C/C=C/C=C/C=C/CCCCCCCC(=O)OC(CCCCCCCCCC)CC(=O)NC(CO)C(O)CCCCCCCCCCCC. The predicted octanol–water partition coefficient (Wildman–Crippen LogP) is 13.5. The second-order valence-corrected chi connectivity index (χ2v) is 15.9. The van der Waals surface area contributed by atoms with Crippen LogP contribution in [-0.2, 0) is 14.3 Å². The molecule has 55 heavy (non-hydrogen) atoms. The van der Waals surface area contributed by atoms with E-state index < -0.39 is 18.2 Å². The van der Waals surface area contributed by atoms with Crippen molar-refractivity contribution in [2.75, 3.05) is 6.61 Å². The Kier molecular flexibility index (Phi) is 41.2. The van der Waals surface area contributed by atoms with Crippen LogP contribution >= 0.6 is 0 Å². The van der Waals surface area contributed by atoms with Gasteiger partial charge in [-0.25, -0.2) is 0 Å². The number of nitrogens with one attached hydrogen (secondary N) is 1. The molecule has 0 aromatic carbocycles. The normalized spacial score (nSPS) is 13.8. The molecule has 0 spiro atoms. The maximum atomic E-state index is 13.1. The molecule has 0 aromatic heterocycles. The first kappa shape index (κ1) is 52.8. The van der Waals surface area contributed by atoms with Gasteiger partial charge in [-0.15, -0.1) is 0 Å². The highest BCUT2D eigenvalue weighted by Gasteiger charge is 2.24. The van der Waals surface area contributed by atoms with Crippen LogP contribution in [0.3, 0.4) is 0 Å². The number of aliphatic hydroxyl groups is 2. The maximum absolute atomic E-state index is 13.1. The van der Waals surface area contributed by atoms with Crippen LogP contribution in [0.25, 0.3) is 0 Å². The van der Waals surface area contributed by atoms with E-state index >= 15 is 0 Å². The molecule has 6 heteroatoms. The van der Waals surface area contributed by atoms with Gasteiger partial charge in [0.2, 0.25) is 5.91 Å². The lowest BCUT2D eigenvalue weighted by molar-refractivity contribution is -0.151. The number of carbonyl (C=O) groups excluding carboxylic acids is 2. The lowest BCUT2D eigenvalue weighted by Gasteiger charge is -2.24. The van der Waals surface area contributed by atoms with Gasteiger partial charge in [-0.3, -0.25) is 9.59 Å². The smallest absolute Gasteiger partial charge is 0.306 e. The standard InChI is InChI=1S/C49H89NO5/c1-4-7-10-13-16-19-21-22-23-24-25-26-27-28-30-33-36-39-42-49(54)55-45(40-37-34-31-18-15-12-9-6-3)43-48(53)50-46(44-51)47(52)41-38-35-32-29-20-17-14-11-8-5-2/h16,19,21-26,45-47,51-52H,4-15,17-18,20,27-44H2,1-3H3,(H,50,53)/b19-16+,22-21+,24-23+,26-25+. The third kappa shape index (κ3) is 38.5. The lowest BCUT2D eigenvalue weighted by atomic mass is 10.0. The van der Waals surface area contributed by atoms with Crippen LogP contribution in [0.15, 0.2) is 48.6 Å². The van der Waals surface area contributed by atoms with Crippen LogP contribution in [0.5, 0.6) is 0 Å². The molecular formula is C49H89NO5. The van der Waals surface area contributed by atoms with E-state index in [0.29, 0.717) is 19.3 Å². The molecule has 0 aromatic rings. The Bertz CT molecular complexity index is 957. The zero-order valence-corrected chi connectivity index (χ0v) is 36.3. The average Bonchev–Trinajstić information content (AvgIpc) is 3.18. The molecule has 320 valence electrons. The summed E-state index contributed by atoms with van der Waals surface area (Å²) in [7, 11) is 0. The highest BCUT2D eigenvalue weighted by atomic mass is 16.5. The first-order chi connectivity index (χ1) is 27.0. The van der Waals surface area contributed by atoms with Crippen molar-refractivity contribution in [3.05, 3.63) is 48.6 Å². The van der Waals surface area contributed by atoms with E-state index in [-0.39, 0.29) is 24.9 Å². The molecule has 0 heterocycles. The van der Waals surface area contributed by atoms with Gasteiger partial charge in [-0.1, -0.05) is 211 Å². The van der Waals surface area contributed by atoms with Gasteiger partial charge in [0.05, 0.1) is 25.2 Å². The predicted molar refractivity (Wildman–Crippen MR) is 236 cm³/mol. The Morgan fingerprint density at radius 2 is 0.927 bits per heavy atom. The van der Waals surface area contributed by atoms with E-state index in [2.05, 4.69) is 74.7 Å². The number of ether oxygens (including phenoxy) is 1. The Balaban J connectivity index is 4.51. The summed E-state index contributed by atoms with van der Waals surface area (Å²) in [5, 5.41) is 23.6. The number of aliphatic hydroxyl groups excluding tert-OH is 2. The number of rotatable bonds is 41. The summed E-state index contributed by atoms with van der Waals surface area (Å²) in [5.74, 6) is -0.502. The quantitative estimate of drug-likeness (QED) is 0.0327. The van der Waals surface area contributed by atoms with Gasteiger partial charge in [-0.05, 0) is 51.4 Å². The minimum atomic E-state index is -0.788. The Labute approximate surface area is 340 Å². The van der Waals surface area contributed by atoms with Gasteiger partial charge in [0.25, 0.3) is 0 Å². The molecule has 3 unspecified atom stereocenters. The van der Waals surface area contributed by atoms with Crippen molar-refractivity contribution in [2.45, 2.75) is 244 Å². The van der Waals surface area contributed by atoms with Gasteiger partial charge in [0.1, 0.15) is 6.10 Å². The largest absolute Gasteiger partial charge is 0.462 e. The van der Waals surface area contributed by atoms with Crippen LogP contribution in [0, 0.1) is 0 Å². The van der Waals surface area contributed by atoms with E-state index in [1.807, 2.05) is 0 Å².